The number of thiophene rings is 1. The monoisotopic (exact) mass is 412 g/mol. The molecule has 2 aromatic heterocycles. The van der Waals surface area contributed by atoms with E-state index < -0.39 is 0 Å². The molecule has 0 aliphatic rings. The first-order valence-corrected chi connectivity index (χ1v) is 10.8. The number of fused-ring (bicyclic) bond motifs is 1. The van der Waals surface area contributed by atoms with Crippen molar-refractivity contribution in [3.05, 3.63) is 92.0 Å². The molecule has 27 heavy (non-hydrogen) atoms. The Kier molecular flexibility index (Phi) is 5.34. The van der Waals surface area contributed by atoms with E-state index in [1.807, 2.05) is 35.7 Å². The summed E-state index contributed by atoms with van der Waals surface area (Å²) in [4.78, 5) is 17.8. The Labute approximate surface area is 170 Å². The quantitative estimate of drug-likeness (QED) is 0.308. The zero-order valence-electron chi connectivity index (χ0n) is 14.7. The number of thioether (sulfide) groups is 1. The summed E-state index contributed by atoms with van der Waals surface area (Å²) in [7, 11) is 0. The highest BCUT2D eigenvalue weighted by Gasteiger charge is 2.14. The molecule has 0 aliphatic heterocycles. The molecule has 2 aromatic carbocycles. The van der Waals surface area contributed by atoms with Crippen LogP contribution in [0, 0.1) is 6.92 Å². The third-order valence-corrected chi connectivity index (χ3v) is 6.61. The van der Waals surface area contributed by atoms with Gasteiger partial charge in [0.25, 0.3) is 5.56 Å². The zero-order chi connectivity index (χ0) is 18.8. The maximum absolute atomic E-state index is 13.1. The van der Waals surface area contributed by atoms with Gasteiger partial charge in [0, 0.05) is 10.8 Å². The molecule has 4 rings (SSSR count). The van der Waals surface area contributed by atoms with E-state index in [2.05, 4.69) is 31.2 Å². The van der Waals surface area contributed by atoms with E-state index in [0.717, 1.165) is 16.8 Å². The van der Waals surface area contributed by atoms with E-state index in [1.54, 1.807) is 16.3 Å². The number of benzene rings is 2. The molecule has 6 heteroatoms. The first kappa shape index (κ1) is 18.3. The molecule has 0 bridgehead atoms. The predicted molar refractivity (Wildman–Crippen MR) is 115 cm³/mol. The second-order valence-electron chi connectivity index (χ2n) is 6.29. The van der Waals surface area contributed by atoms with Crippen molar-refractivity contribution in [1.82, 2.24) is 9.55 Å². The van der Waals surface area contributed by atoms with E-state index in [-0.39, 0.29) is 5.56 Å². The summed E-state index contributed by atoms with van der Waals surface area (Å²) in [6, 6.07) is 17.9. The highest BCUT2D eigenvalue weighted by Crippen LogP contribution is 2.26. The van der Waals surface area contributed by atoms with Gasteiger partial charge in [0.15, 0.2) is 5.16 Å². The standard InChI is InChI=1S/C21H17ClN2OS2/c1-14-6-8-15(9-7-14)13-27-21-23-18-10-11-26-19(18)20(25)24(21)12-16-4-2-3-5-17(16)22/h2-11H,12-13H2,1H3. The Morgan fingerprint density at radius 2 is 1.89 bits per heavy atom. The fourth-order valence-corrected chi connectivity index (χ4v) is 4.73. The van der Waals surface area contributed by atoms with Gasteiger partial charge in [-0.15, -0.1) is 11.3 Å². The van der Waals surface area contributed by atoms with E-state index in [4.69, 9.17) is 16.6 Å². The molecule has 4 aromatic rings. The lowest BCUT2D eigenvalue weighted by molar-refractivity contribution is 0.659. The minimum Gasteiger partial charge on any atom is -0.282 e. The van der Waals surface area contributed by atoms with E-state index in [1.165, 1.54) is 22.5 Å². The molecule has 0 saturated carbocycles. The van der Waals surface area contributed by atoms with E-state index in [0.29, 0.717) is 21.4 Å². The number of rotatable bonds is 5. The predicted octanol–water partition coefficient (Wildman–Crippen LogP) is 5.76. The first-order chi connectivity index (χ1) is 13.1. The van der Waals surface area contributed by atoms with Gasteiger partial charge < -0.3 is 0 Å². The van der Waals surface area contributed by atoms with Gasteiger partial charge in [-0.05, 0) is 35.6 Å². The van der Waals surface area contributed by atoms with Crippen LogP contribution in [-0.4, -0.2) is 9.55 Å². The second kappa shape index (κ2) is 7.89. The van der Waals surface area contributed by atoms with Crippen LogP contribution in [0.2, 0.25) is 5.02 Å². The number of aryl methyl sites for hydroxylation is 1. The minimum absolute atomic E-state index is 0.0127. The summed E-state index contributed by atoms with van der Waals surface area (Å²) in [6.07, 6.45) is 0. The average molecular weight is 413 g/mol. The highest BCUT2D eigenvalue weighted by molar-refractivity contribution is 7.98. The minimum atomic E-state index is -0.0127. The Morgan fingerprint density at radius 1 is 1.11 bits per heavy atom. The van der Waals surface area contributed by atoms with Crippen molar-refractivity contribution in [2.75, 3.05) is 0 Å². The molecule has 0 atom stereocenters. The Morgan fingerprint density at radius 3 is 2.67 bits per heavy atom. The van der Waals surface area contributed by atoms with Crippen LogP contribution in [0.3, 0.4) is 0 Å². The van der Waals surface area contributed by atoms with Gasteiger partial charge in [-0.1, -0.05) is 71.4 Å². The lowest BCUT2D eigenvalue weighted by Crippen LogP contribution is -2.23. The SMILES string of the molecule is Cc1ccc(CSc2nc3ccsc3c(=O)n2Cc2ccccc2Cl)cc1. The van der Waals surface area contributed by atoms with Crippen LogP contribution < -0.4 is 5.56 Å². The molecule has 0 N–H and O–H groups in total. The van der Waals surface area contributed by atoms with Gasteiger partial charge in [0.2, 0.25) is 0 Å². The molecule has 0 unspecified atom stereocenters. The van der Waals surface area contributed by atoms with Gasteiger partial charge in [-0.2, -0.15) is 0 Å². The summed E-state index contributed by atoms with van der Waals surface area (Å²) in [6.45, 7) is 2.49. The van der Waals surface area contributed by atoms with Crippen molar-refractivity contribution in [1.29, 1.82) is 0 Å². The molecule has 0 radical (unpaired) electrons. The Hall–Kier alpha value is -2.08. The van der Waals surface area contributed by atoms with Gasteiger partial charge in [0.05, 0.1) is 12.1 Å². The highest BCUT2D eigenvalue weighted by atomic mass is 35.5. The Balaban J connectivity index is 1.72. The maximum Gasteiger partial charge on any atom is 0.272 e. The van der Waals surface area contributed by atoms with E-state index in [9.17, 15) is 4.79 Å². The summed E-state index contributed by atoms with van der Waals surface area (Å²) in [5.74, 6) is 0.755. The van der Waals surface area contributed by atoms with Crippen molar-refractivity contribution >= 4 is 44.9 Å². The van der Waals surface area contributed by atoms with Gasteiger partial charge >= 0.3 is 0 Å². The third-order valence-electron chi connectivity index (χ3n) is 4.31. The van der Waals surface area contributed by atoms with Crippen molar-refractivity contribution < 1.29 is 0 Å². The molecule has 0 spiro atoms. The van der Waals surface area contributed by atoms with Gasteiger partial charge in [-0.3, -0.25) is 9.36 Å². The molecule has 0 amide bonds. The normalized spacial score (nSPS) is 11.2. The largest absolute Gasteiger partial charge is 0.282 e. The molecule has 136 valence electrons. The van der Waals surface area contributed by atoms with Crippen molar-refractivity contribution in [2.45, 2.75) is 24.4 Å². The zero-order valence-corrected chi connectivity index (χ0v) is 17.1. The fraction of sp³-hybridized carbons (Fsp3) is 0.143. The van der Waals surface area contributed by atoms with Crippen LogP contribution in [0.25, 0.3) is 10.2 Å². The third kappa shape index (κ3) is 3.95. The first-order valence-electron chi connectivity index (χ1n) is 8.51. The number of hydrogen-bond donors (Lipinski definition) is 0. The summed E-state index contributed by atoms with van der Waals surface area (Å²) < 4.78 is 2.42. The Bertz CT molecular complexity index is 1150. The van der Waals surface area contributed by atoms with Gasteiger partial charge in [0.1, 0.15) is 4.70 Å². The smallest absolute Gasteiger partial charge is 0.272 e. The molecular formula is C21H17ClN2OS2. The topological polar surface area (TPSA) is 34.9 Å². The lowest BCUT2D eigenvalue weighted by Gasteiger charge is -2.13. The number of aromatic nitrogens is 2. The van der Waals surface area contributed by atoms with Crippen LogP contribution in [0.4, 0.5) is 0 Å². The molecule has 0 aliphatic carbocycles. The van der Waals surface area contributed by atoms with Crippen molar-refractivity contribution in [2.24, 2.45) is 0 Å². The maximum atomic E-state index is 13.1. The second-order valence-corrected chi connectivity index (χ2v) is 8.55. The van der Waals surface area contributed by atoms with Crippen LogP contribution in [-0.2, 0) is 12.3 Å². The molecule has 2 heterocycles. The van der Waals surface area contributed by atoms with Crippen molar-refractivity contribution in [3.8, 4) is 0 Å². The van der Waals surface area contributed by atoms with Crippen LogP contribution in [0.1, 0.15) is 16.7 Å². The fourth-order valence-electron chi connectivity index (χ4n) is 2.80. The van der Waals surface area contributed by atoms with Crippen LogP contribution in [0.15, 0.2) is 69.9 Å². The molecule has 0 fully saturated rings. The molecular weight excluding hydrogens is 396 g/mol. The lowest BCUT2D eigenvalue weighted by atomic mass is 10.2. The molecule has 0 saturated heterocycles. The van der Waals surface area contributed by atoms with Crippen LogP contribution >= 0.6 is 34.7 Å². The van der Waals surface area contributed by atoms with Gasteiger partial charge in [-0.25, -0.2) is 4.98 Å². The van der Waals surface area contributed by atoms with Crippen LogP contribution in [0.5, 0.6) is 0 Å². The molecule has 3 nitrogen and oxygen atoms in total. The number of nitrogens with zero attached hydrogens (tertiary/aromatic N) is 2. The summed E-state index contributed by atoms with van der Waals surface area (Å²) in [5, 5.41) is 3.28. The average Bonchev–Trinajstić information content (AvgIpc) is 3.14. The number of halogens is 1. The summed E-state index contributed by atoms with van der Waals surface area (Å²) >= 11 is 9.33. The van der Waals surface area contributed by atoms with E-state index >= 15 is 0 Å². The number of hydrogen-bond acceptors (Lipinski definition) is 4. The van der Waals surface area contributed by atoms with Crippen molar-refractivity contribution in [3.63, 3.8) is 0 Å². The summed E-state index contributed by atoms with van der Waals surface area (Å²) in [5.41, 5.74) is 4.09.